The van der Waals surface area contributed by atoms with Crippen molar-refractivity contribution in [2.75, 3.05) is 18.5 Å². The monoisotopic (exact) mass is 325 g/mol. The molecule has 1 rings (SSSR count). The van der Waals surface area contributed by atoms with Gasteiger partial charge in [-0.1, -0.05) is 25.1 Å². The zero-order valence-electron chi connectivity index (χ0n) is 13.7. The van der Waals surface area contributed by atoms with Crippen LogP contribution in [0.1, 0.15) is 24.5 Å². The van der Waals surface area contributed by atoms with E-state index in [0.717, 1.165) is 23.2 Å². The van der Waals surface area contributed by atoms with Crippen LogP contribution in [0.5, 0.6) is 0 Å². The molecule has 0 aromatic heterocycles. The number of benzene rings is 1. The summed E-state index contributed by atoms with van der Waals surface area (Å²) in [6, 6.07) is 5.73. The molecule has 0 unspecified atom stereocenters. The number of anilines is 1. The van der Waals surface area contributed by atoms with Gasteiger partial charge in [0.15, 0.2) is 5.96 Å². The number of aliphatic imine (C=N–C) groups is 1. The van der Waals surface area contributed by atoms with Crippen LogP contribution in [-0.4, -0.2) is 35.9 Å². The van der Waals surface area contributed by atoms with Gasteiger partial charge in [-0.15, -0.1) is 10.1 Å². The molecule has 0 aliphatic rings. The lowest BCUT2D eigenvalue weighted by molar-refractivity contribution is -0.742. The molecule has 9 nitrogen and oxygen atoms in total. The number of carbonyl (C=O) groups excluding carboxylic acids is 1. The third-order valence-corrected chi connectivity index (χ3v) is 2.88. The van der Waals surface area contributed by atoms with Gasteiger partial charge in [0, 0.05) is 13.6 Å². The molecule has 1 aromatic carbocycles. The fourth-order valence-corrected chi connectivity index (χ4v) is 2.00. The molecule has 128 valence electrons. The first-order valence-electron chi connectivity index (χ1n) is 6.94. The van der Waals surface area contributed by atoms with Crippen LogP contribution in [-0.2, 0) is 0 Å². The molecule has 2 amide bonds. The van der Waals surface area contributed by atoms with Crippen LogP contribution in [0.25, 0.3) is 0 Å². The van der Waals surface area contributed by atoms with Crippen molar-refractivity contribution in [2.45, 2.75) is 27.2 Å². The number of carbonyl (C=O) groups is 1. The highest BCUT2D eigenvalue weighted by Gasteiger charge is 2.18. The van der Waals surface area contributed by atoms with Gasteiger partial charge in [0.25, 0.3) is 5.09 Å². The Kier molecular flexibility index (Phi) is 8.75. The molecule has 0 atom stereocenters. The van der Waals surface area contributed by atoms with E-state index < -0.39 is 5.09 Å². The summed E-state index contributed by atoms with van der Waals surface area (Å²) in [5.41, 5.74) is 8.62. The molecule has 0 radical (unpaired) electrons. The second-order valence-electron chi connectivity index (χ2n) is 4.67. The van der Waals surface area contributed by atoms with E-state index in [2.05, 4.69) is 10.3 Å². The molecule has 0 heterocycles. The van der Waals surface area contributed by atoms with Gasteiger partial charge in [-0.3, -0.25) is 15.2 Å². The third-order valence-electron chi connectivity index (χ3n) is 2.88. The quantitative estimate of drug-likeness (QED) is 0.337. The average Bonchev–Trinajstić information content (AvgIpc) is 2.45. The predicted octanol–water partition coefficient (Wildman–Crippen LogP) is 1.83. The number of hydrogen-bond donors (Lipinski definition) is 3. The summed E-state index contributed by atoms with van der Waals surface area (Å²) in [5.74, 6) is 0.123. The van der Waals surface area contributed by atoms with Gasteiger partial charge < -0.3 is 10.9 Å². The van der Waals surface area contributed by atoms with Crippen molar-refractivity contribution in [3.05, 3.63) is 39.4 Å². The molecule has 23 heavy (non-hydrogen) atoms. The van der Waals surface area contributed by atoms with E-state index in [1.165, 1.54) is 0 Å². The Morgan fingerprint density at radius 3 is 2.30 bits per heavy atom. The lowest BCUT2D eigenvalue weighted by atomic mass is 10.1. The largest absolute Gasteiger partial charge is 0.370 e. The lowest BCUT2D eigenvalue weighted by Crippen LogP contribution is -2.46. The maximum atomic E-state index is 12.3. The first kappa shape index (κ1) is 20.2. The summed E-state index contributed by atoms with van der Waals surface area (Å²) >= 11 is 0. The van der Waals surface area contributed by atoms with E-state index in [-0.39, 0.29) is 12.0 Å². The van der Waals surface area contributed by atoms with Crippen LogP contribution in [0.2, 0.25) is 0 Å². The Morgan fingerprint density at radius 2 is 1.91 bits per heavy atom. The van der Waals surface area contributed by atoms with E-state index >= 15 is 0 Å². The second kappa shape index (κ2) is 9.98. The zero-order valence-corrected chi connectivity index (χ0v) is 13.7. The number of amides is 2. The van der Waals surface area contributed by atoms with Crippen LogP contribution in [0.15, 0.2) is 23.2 Å². The molecule has 0 spiro atoms. The molecular weight excluding hydrogens is 302 g/mol. The van der Waals surface area contributed by atoms with E-state index in [4.69, 9.17) is 21.1 Å². The molecule has 0 bridgehead atoms. The Bertz CT molecular complexity index is 550. The Morgan fingerprint density at radius 1 is 1.43 bits per heavy atom. The smallest absolute Gasteiger partial charge is 0.328 e. The Hall–Kier alpha value is -2.84. The summed E-state index contributed by atoms with van der Waals surface area (Å²) in [4.78, 5) is 26.1. The van der Waals surface area contributed by atoms with Crippen molar-refractivity contribution in [3.8, 4) is 0 Å². The maximum Gasteiger partial charge on any atom is 0.328 e. The number of hydrogen-bond acceptors (Lipinski definition) is 4. The van der Waals surface area contributed by atoms with Gasteiger partial charge in [-0.25, -0.2) is 4.79 Å². The van der Waals surface area contributed by atoms with Crippen LogP contribution in [0, 0.1) is 24.0 Å². The maximum absolute atomic E-state index is 12.3. The fourth-order valence-electron chi connectivity index (χ4n) is 2.00. The Labute approximate surface area is 134 Å². The molecular formula is C14H23N5O4. The van der Waals surface area contributed by atoms with Gasteiger partial charge in [0.1, 0.15) is 0 Å². The first-order chi connectivity index (χ1) is 10.7. The summed E-state index contributed by atoms with van der Waals surface area (Å²) in [5, 5.41) is 16.2. The minimum Gasteiger partial charge on any atom is -0.370 e. The first-order valence-corrected chi connectivity index (χ1v) is 6.94. The molecule has 0 aliphatic carbocycles. The molecule has 0 aliphatic heterocycles. The Balaban J connectivity index is 0.00000108. The van der Waals surface area contributed by atoms with Gasteiger partial charge in [0.05, 0.1) is 5.69 Å². The number of guanidine groups is 1. The number of para-hydroxylation sites is 1. The van der Waals surface area contributed by atoms with Crippen molar-refractivity contribution >= 4 is 17.7 Å². The van der Waals surface area contributed by atoms with Crippen molar-refractivity contribution in [1.82, 2.24) is 5.32 Å². The number of urea groups is 1. The molecule has 1 aromatic rings. The van der Waals surface area contributed by atoms with Crippen LogP contribution in [0.3, 0.4) is 0 Å². The van der Waals surface area contributed by atoms with E-state index in [1.807, 2.05) is 39.0 Å². The highest BCUT2D eigenvalue weighted by Crippen LogP contribution is 2.24. The molecule has 0 saturated carbocycles. The summed E-state index contributed by atoms with van der Waals surface area (Å²) in [6.07, 6.45) is 0.865. The lowest BCUT2D eigenvalue weighted by Gasteiger charge is -2.25. The molecule has 0 fully saturated rings. The van der Waals surface area contributed by atoms with E-state index in [0.29, 0.717) is 6.54 Å². The summed E-state index contributed by atoms with van der Waals surface area (Å²) in [6.45, 7) is 6.66. The number of nitrogens with two attached hydrogens (primary N) is 1. The molecule has 0 saturated heterocycles. The SMILES string of the molecule is CCCN(C(=O)NC(N)=NC)c1c(C)cccc1C.O=[N+]([O-])O. The van der Waals surface area contributed by atoms with Crippen molar-refractivity contribution < 1.29 is 15.1 Å². The highest BCUT2D eigenvalue weighted by molar-refractivity contribution is 6.03. The van der Waals surface area contributed by atoms with E-state index in [9.17, 15) is 4.79 Å². The van der Waals surface area contributed by atoms with E-state index in [1.54, 1.807) is 11.9 Å². The van der Waals surface area contributed by atoms with Crippen molar-refractivity contribution in [3.63, 3.8) is 0 Å². The number of rotatable bonds is 3. The fraction of sp³-hybridized carbons (Fsp3) is 0.429. The van der Waals surface area contributed by atoms with Crippen LogP contribution < -0.4 is 16.0 Å². The molecule has 9 heteroatoms. The zero-order chi connectivity index (χ0) is 18.0. The summed E-state index contributed by atoms with van der Waals surface area (Å²) < 4.78 is 0. The van der Waals surface area contributed by atoms with Crippen molar-refractivity contribution in [1.29, 1.82) is 0 Å². The highest BCUT2D eigenvalue weighted by atomic mass is 16.9. The van der Waals surface area contributed by atoms with Crippen molar-refractivity contribution in [2.24, 2.45) is 10.7 Å². The number of aryl methyl sites for hydroxylation is 2. The predicted molar refractivity (Wildman–Crippen MR) is 88.4 cm³/mol. The summed E-state index contributed by atoms with van der Waals surface area (Å²) in [7, 11) is 1.54. The normalized spacial score (nSPS) is 10.3. The second-order valence-corrected chi connectivity index (χ2v) is 4.67. The number of nitrogens with one attached hydrogen (secondary N) is 1. The third kappa shape index (κ3) is 7.11. The van der Waals surface area contributed by atoms with Crippen LogP contribution >= 0.6 is 0 Å². The van der Waals surface area contributed by atoms with Gasteiger partial charge in [-0.05, 0) is 31.4 Å². The number of nitrogens with zero attached hydrogens (tertiary/aromatic N) is 3. The standard InChI is InChI=1S/C14H22N4O.HNO3/c1-5-9-18(14(19)17-13(15)16-4)12-10(2)7-6-8-11(12)3;2-1(3)4/h6-8H,5,9H2,1-4H3,(H3,15,16,17,19);(H,2,3,4). The van der Waals surface area contributed by atoms with Crippen LogP contribution in [0.4, 0.5) is 10.5 Å². The topological polar surface area (TPSA) is 134 Å². The minimum atomic E-state index is -1.50. The minimum absolute atomic E-state index is 0.123. The van der Waals surface area contributed by atoms with Gasteiger partial charge in [0.2, 0.25) is 0 Å². The van der Waals surface area contributed by atoms with Gasteiger partial charge in [-0.2, -0.15) is 0 Å². The average molecular weight is 325 g/mol. The molecule has 4 N–H and O–H groups in total. The van der Waals surface area contributed by atoms with Gasteiger partial charge >= 0.3 is 6.03 Å².